The van der Waals surface area contributed by atoms with Gasteiger partial charge in [-0.15, -0.1) is 0 Å². The Bertz CT molecular complexity index is 705. The highest BCUT2D eigenvalue weighted by Crippen LogP contribution is 2.18. The molecule has 138 valence electrons. The second-order valence-electron chi connectivity index (χ2n) is 5.64. The predicted molar refractivity (Wildman–Crippen MR) is 99.8 cm³/mol. The van der Waals surface area contributed by atoms with Crippen molar-refractivity contribution in [3.8, 4) is 11.9 Å². The molecule has 0 bridgehead atoms. The number of carbonyl (C=O) groups excluding carboxylic acids is 1. The van der Waals surface area contributed by atoms with Crippen LogP contribution in [0.4, 0.5) is 0 Å². The van der Waals surface area contributed by atoms with Crippen molar-refractivity contribution < 1.29 is 9.53 Å². The minimum atomic E-state index is 0.0216. The van der Waals surface area contributed by atoms with Gasteiger partial charge in [-0.1, -0.05) is 0 Å². The van der Waals surface area contributed by atoms with Crippen LogP contribution in [0.3, 0.4) is 0 Å². The van der Waals surface area contributed by atoms with Gasteiger partial charge in [0.1, 0.15) is 5.75 Å². The minimum absolute atomic E-state index is 0.0216. The van der Waals surface area contributed by atoms with Crippen molar-refractivity contribution in [2.45, 2.75) is 26.2 Å². The molecule has 8 heteroatoms. The molecule has 1 aliphatic heterocycles. The zero-order valence-corrected chi connectivity index (χ0v) is 15.2. The fourth-order valence-electron chi connectivity index (χ4n) is 2.54. The summed E-state index contributed by atoms with van der Waals surface area (Å²) in [5.41, 5.74) is 1.89. The van der Waals surface area contributed by atoms with E-state index in [1.807, 2.05) is 37.4 Å². The topological polar surface area (TPSA) is 102 Å². The lowest BCUT2D eigenvalue weighted by atomic mass is 10.0. The van der Waals surface area contributed by atoms with Gasteiger partial charge in [-0.3, -0.25) is 15.1 Å². The molecule has 2 rings (SSSR count). The van der Waals surface area contributed by atoms with Gasteiger partial charge in [0.25, 0.3) is 0 Å². The Kier molecular flexibility index (Phi) is 7.43. The molecule has 0 saturated carbocycles. The average molecular weight is 356 g/mol. The number of amides is 1. The van der Waals surface area contributed by atoms with E-state index in [-0.39, 0.29) is 5.91 Å². The lowest BCUT2D eigenvalue weighted by molar-refractivity contribution is -0.131. The van der Waals surface area contributed by atoms with Gasteiger partial charge in [0, 0.05) is 32.5 Å². The fourth-order valence-corrected chi connectivity index (χ4v) is 2.54. The first kappa shape index (κ1) is 19.2. The van der Waals surface area contributed by atoms with E-state index in [1.54, 1.807) is 7.11 Å². The zero-order valence-electron chi connectivity index (χ0n) is 15.2. The van der Waals surface area contributed by atoms with Gasteiger partial charge in [0.2, 0.25) is 11.9 Å². The predicted octanol–water partition coefficient (Wildman–Crippen LogP) is 1.45. The number of aliphatic imine (C=N–C) groups is 1. The van der Waals surface area contributed by atoms with E-state index in [2.05, 4.69) is 20.7 Å². The highest BCUT2D eigenvalue weighted by atomic mass is 16.5. The molecule has 8 nitrogen and oxygen atoms in total. The Balaban J connectivity index is 1.95. The summed E-state index contributed by atoms with van der Waals surface area (Å²) in [5, 5.41) is 20.2. The number of methoxy groups -OCH3 is 1. The summed E-state index contributed by atoms with van der Waals surface area (Å²) in [4.78, 5) is 16.4. The maximum absolute atomic E-state index is 12.1. The van der Waals surface area contributed by atoms with Crippen LogP contribution in [0.15, 0.2) is 34.4 Å². The molecule has 1 aliphatic rings. The Labute approximate surface area is 153 Å². The smallest absolute Gasteiger partial charge is 0.243 e. The van der Waals surface area contributed by atoms with Crippen molar-refractivity contribution in [2.75, 3.05) is 26.7 Å². The van der Waals surface area contributed by atoms with Gasteiger partial charge < -0.3 is 10.1 Å². The number of guanidine groups is 1. The molecule has 1 aromatic rings. The van der Waals surface area contributed by atoms with Crippen LogP contribution in [0.25, 0.3) is 0 Å². The number of rotatable bonds is 7. The molecular formula is C18H24N6O2. The van der Waals surface area contributed by atoms with Gasteiger partial charge in [-0.25, -0.2) is 5.01 Å². The van der Waals surface area contributed by atoms with Crippen molar-refractivity contribution in [3.05, 3.63) is 29.8 Å². The van der Waals surface area contributed by atoms with Gasteiger partial charge in [-0.2, -0.15) is 10.4 Å². The van der Waals surface area contributed by atoms with Crippen molar-refractivity contribution >= 4 is 17.6 Å². The second kappa shape index (κ2) is 10.0. The summed E-state index contributed by atoms with van der Waals surface area (Å²) in [6.45, 7) is 3.59. The van der Waals surface area contributed by atoms with E-state index in [0.717, 1.165) is 17.0 Å². The number of hydrazone groups is 1. The molecule has 0 radical (unpaired) electrons. The number of carbonyl (C=O) groups is 1. The number of nitrogens with one attached hydrogen (secondary N) is 2. The molecule has 26 heavy (non-hydrogen) atoms. The van der Waals surface area contributed by atoms with E-state index >= 15 is 0 Å². The third kappa shape index (κ3) is 5.48. The van der Waals surface area contributed by atoms with E-state index in [1.165, 1.54) is 5.01 Å². The molecule has 2 N–H and O–H groups in total. The average Bonchev–Trinajstić information content (AvgIpc) is 2.67. The fraction of sp³-hybridized carbons (Fsp3) is 0.444. The number of nitriles is 1. The van der Waals surface area contributed by atoms with Crippen molar-refractivity contribution in [1.29, 1.82) is 5.26 Å². The lowest BCUT2D eigenvalue weighted by Crippen LogP contribution is -2.35. The van der Waals surface area contributed by atoms with Crippen LogP contribution in [0.2, 0.25) is 0 Å². The molecule has 1 heterocycles. The summed E-state index contributed by atoms with van der Waals surface area (Å²) in [6.07, 6.45) is 3.59. The quantitative estimate of drug-likeness (QED) is 0.253. The summed E-state index contributed by atoms with van der Waals surface area (Å²) < 4.78 is 5.17. The maximum Gasteiger partial charge on any atom is 0.243 e. The van der Waals surface area contributed by atoms with Gasteiger partial charge in [0.15, 0.2) is 6.19 Å². The molecule has 0 unspecified atom stereocenters. The van der Waals surface area contributed by atoms with Gasteiger partial charge >= 0.3 is 0 Å². The standard InChI is InChI=1S/C18H24N6O2/c1-3-20-18(22-13-19)21-11-4-12-24-17(25)10-9-16(23-24)14-5-7-15(26-2)8-6-14/h5-8H,3-4,9-12H2,1-2H3,(H2,20,21,22). The van der Waals surface area contributed by atoms with Crippen LogP contribution in [0.5, 0.6) is 5.75 Å². The van der Waals surface area contributed by atoms with Crippen molar-refractivity contribution in [1.82, 2.24) is 15.6 Å². The molecule has 0 saturated heterocycles. The number of ether oxygens (including phenoxy) is 1. The summed E-state index contributed by atoms with van der Waals surface area (Å²) in [5.74, 6) is 1.26. The third-order valence-corrected chi connectivity index (χ3v) is 3.84. The Morgan fingerprint density at radius 1 is 1.38 bits per heavy atom. The highest BCUT2D eigenvalue weighted by Gasteiger charge is 2.20. The Morgan fingerprint density at radius 3 is 2.81 bits per heavy atom. The summed E-state index contributed by atoms with van der Waals surface area (Å²) in [7, 11) is 1.63. The largest absolute Gasteiger partial charge is 0.497 e. The van der Waals surface area contributed by atoms with Gasteiger partial charge in [0.05, 0.1) is 12.8 Å². The molecule has 0 atom stereocenters. The highest BCUT2D eigenvalue weighted by molar-refractivity contribution is 6.04. The number of hydrogen-bond donors (Lipinski definition) is 2. The summed E-state index contributed by atoms with van der Waals surface area (Å²) >= 11 is 0. The van der Waals surface area contributed by atoms with E-state index < -0.39 is 0 Å². The van der Waals surface area contributed by atoms with Crippen LogP contribution in [0.1, 0.15) is 31.7 Å². The first-order valence-electron chi connectivity index (χ1n) is 8.63. The SMILES string of the molecule is CCNC(=NCCCN1N=C(c2ccc(OC)cc2)CCC1=O)NC#N. The van der Waals surface area contributed by atoms with E-state index in [9.17, 15) is 4.79 Å². The van der Waals surface area contributed by atoms with Crippen LogP contribution < -0.4 is 15.4 Å². The molecule has 1 aromatic carbocycles. The van der Waals surface area contributed by atoms with Crippen molar-refractivity contribution in [2.24, 2.45) is 10.1 Å². The van der Waals surface area contributed by atoms with Crippen LogP contribution in [-0.2, 0) is 4.79 Å². The third-order valence-electron chi connectivity index (χ3n) is 3.84. The molecule has 0 aliphatic carbocycles. The van der Waals surface area contributed by atoms with Gasteiger partial charge in [-0.05, 0) is 43.2 Å². The van der Waals surface area contributed by atoms with E-state index in [4.69, 9.17) is 10.00 Å². The Morgan fingerprint density at radius 2 is 2.15 bits per heavy atom. The Hall–Kier alpha value is -3.08. The molecule has 0 spiro atoms. The maximum atomic E-state index is 12.1. The monoisotopic (exact) mass is 356 g/mol. The molecular weight excluding hydrogens is 332 g/mol. The lowest BCUT2D eigenvalue weighted by Gasteiger charge is -2.23. The number of benzene rings is 1. The zero-order chi connectivity index (χ0) is 18.8. The van der Waals surface area contributed by atoms with Crippen LogP contribution in [0, 0.1) is 11.5 Å². The van der Waals surface area contributed by atoms with E-state index in [0.29, 0.717) is 44.9 Å². The molecule has 1 amide bonds. The van der Waals surface area contributed by atoms with Crippen molar-refractivity contribution in [3.63, 3.8) is 0 Å². The number of nitrogens with zero attached hydrogens (tertiary/aromatic N) is 4. The molecule has 0 aromatic heterocycles. The second-order valence-corrected chi connectivity index (χ2v) is 5.64. The minimum Gasteiger partial charge on any atom is -0.497 e. The first-order chi connectivity index (χ1) is 12.7. The normalized spacial score (nSPS) is 14.5. The molecule has 0 fully saturated rings. The first-order valence-corrected chi connectivity index (χ1v) is 8.63. The van der Waals surface area contributed by atoms with Crippen LogP contribution in [-0.4, -0.2) is 49.3 Å². The van der Waals surface area contributed by atoms with Crippen LogP contribution >= 0.6 is 0 Å². The number of hydrogen-bond acceptors (Lipinski definition) is 5. The summed E-state index contributed by atoms with van der Waals surface area (Å²) in [6, 6.07) is 7.67.